The quantitative estimate of drug-likeness (QED) is 0.731. The van der Waals surface area contributed by atoms with E-state index in [0.717, 1.165) is 18.7 Å². The van der Waals surface area contributed by atoms with Gasteiger partial charge in [0.1, 0.15) is 5.82 Å². The van der Waals surface area contributed by atoms with Gasteiger partial charge in [-0.1, -0.05) is 0 Å². The predicted octanol–water partition coefficient (Wildman–Crippen LogP) is 2.34. The highest BCUT2D eigenvalue weighted by molar-refractivity contribution is 5.95. The van der Waals surface area contributed by atoms with E-state index in [-0.39, 0.29) is 11.9 Å². The maximum Gasteiger partial charge on any atom is 0.228 e. The largest absolute Gasteiger partial charge is 0.474 e. The van der Waals surface area contributed by atoms with Crippen LogP contribution in [0.4, 0.5) is 0 Å². The molecule has 86 valence electrons. The van der Waals surface area contributed by atoms with Crippen molar-refractivity contribution in [3.05, 3.63) is 17.6 Å². The molecule has 0 aliphatic heterocycles. The highest BCUT2D eigenvalue weighted by Gasteiger charge is 2.28. The minimum Gasteiger partial charge on any atom is -0.474 e. The standard InChI is InChI=1S/C12H16N2O2/c1-7(2)16-12-10(8(3)15)6-13-11(14-12)9-4-5-9/h6-7,9H,4-5H2,1-3H3. The molecule has 0 bridgehead atoms. The third kappa shape index (κ3) is 2.38. The van der Waals surface area contributed by atoms with Crippen LogP contribution in [0.2, 0.25) is 0 Å². The van der Waals surface area contributed by atoms with Gasteiger partial charge in [-0.2, -0.15) is 4.98 Å². The van der Waals surface area contributed by atoms with Crippen molar-refractivity contribution >= 4 is 5.78 Å². The fourth-order valence-electron chi connectivity index (χ4n) is 1.47. The first kappa shape index (κ1) is 11.0. The van der Waals surface area contributed by atoms with Crippen molar-refractivity contribution in [1.29, 1.82) is 0 Å². The van der Waals surface area contributed by atoms with E-state index in [1.165, 1.54) is 6.92 Å². The van der Waals surface area contributed by atoms with Crippen LogP contribution in [0, 0.1) is 0 Å². The normalized spacial score (nSPS) is 15.2. The predicted molar refractivity (Wildman–Crippen MR) is 59.8 cm³/mol. The Morgan fingerprint density at radius 1 is 1.50 bits per heavy atom. The minimum atomic E-state index is -0.0574. The van der Waals surface area contributed by atoms with Crippen LogP contribution in [-0.4, -0.2) is 21.9 Å². The number of ether oxygens (including phenoxy) is 1. The van der Waals surface area contributed by atoms with E-state index in [1.54, 1.807) is 6.20 Å². The van der Waals surface area contributed by atoms with E-state index in [9.17, 15) is 4.79 Å². The number of aromatic nitrogens is 2. The van der Waals surface area contributed by atoms with E-state index in [4.69, 9.17) is 4.74 Å². The van der Waals surface area contributed by atoms with Crippen LogP contribution in [0.5, 0.6) is 5.88 Å². The van der Waals surface area contributed by atoms with E-state index in [0.29, 0.717) is 17.4 Å². The molecule has 0 N–H and O–H groups in total. The molecule has 4 heteroatoms. The Morgan fingerprint density at radius 3 is 2.69 bits per heavy atom. The summed E-state index contributed by atoms with van der Waals surface area (Å²) in [6.07, 6.45) is 3.88. The lowest BCUT2D eigenvalue weighted by molar-refractivity contribution is 0.101. The van der Waals surface area contributed by atoms with Gasteiger partial charge in [-0.3, -0.25) is 4.79 Å². The highest BCUT2D eigenvalue weighted by atomic mass is 16.5. The molecular weight excluding hydrogens is 204 g/mol. The number of carbonyl (C=O) groups excluding carboxylic acids is 1. The zero-order valence-corrected chi connectivity index (χ0v) is 9.86. The minimum absolute atomic E-state index is 0.0139. The maximum atomic E-state index is 11.4. The summed E-state index contributed by atoms with van der Waals surface area (Å²) in [5.41, 5.74) is 0.470. The first-order valence-electron chi connectivity index (χ1n) is 5.62. The topological polar surface area (TPSA) is 52.1 Å². The first-order chi connectivity index (χ1) is 7.58. The van der Waals surface area contributed by atoms with Crippen molar-refractivity contribution in [1.82, 2.24) is 9.97 Å². The molecule has 0 radical (unpaired) electrons. The molecule has 4 nitrogen and oxygen atoms in total. The number of hydrogen-bond donors (Lipinski definition) is 0. The summed E-state index contributed by atoms with van der Waals surface area (Å²) in [4.78, 5) is 19.9. The van der Waals surface area contributed by atoms with Gasteiger partial charge in [0.25, 0.3) is 0 Å². The second-order valence-corrected chi connectivity index (χ2v) is 4.44. The summed E-state index contributed by atoms with van der Waals surface area (Å²) in [6, 6.07) is 0. The van der Waals surface area contributed by atoms with Crippen molar-refractivity contribution < 1.29 is 9.53 Å². The SMILES string of the molecule is CC(=O)c1cnc(C2CC2)nc1OC(C)C. The molecular formula is C12H16N2O2. The maximum absolute atomic E-state index is 11.4. The molecule has 1 aromatic heterocycles. The Balaban J connectivity index is 2.33. The van der Waals surface area contributed by atoms with Gasteiger partial charge < -0.3 is 4.74 Å². The second kappa shape index (κ2) is 4.20. The number of hydrogen-bond acceptors (Lipinski definition) is 4. The van der Waals surface area contributed by atoms with Crippen molar-refractivity contribution in [3.63, 3.8) is 0 Å². The lowest BCUT2D eigenvalue weighted by atomic mass is 10.2. The van der Waals surface area contributed by atoms with Gasteiger partial charge >= 0.3 is 0 Å². The summed E-state index contributed by atoms with van der Waals surface area (Å²) in [5.74, 6) is 1.65. The lowest BCUT2D eigenvalue weighted by Gasteiger charge is -2.12. The van der Waals surface area contributed by atoms with Gasteiger partial charge in [-0.15, -0.1) is 0 Å². The Labute approximate surface area is 95.1 Å². The molecule has 16 heavy (non-hydrogen) atoms. The third-order valence-electron chi connectivity index (χ3n) is 2.44. The molecule has 1 aliphatic rings. The van der Waals surface area contributed by atoms with Crippen molar-refractivity contribution in [2.45, 2.75) is 45.6 Å². The fourth-order valence-corrected chi connectivity index (χ4v) is 1.47. The molecule has 1 aliphatic carbocycles. The van der Waals surface area contributed by atoms with Crippen molar-refractivity contribution in [2.24, 2.45) is 0 Å². The van der Waals surface area contributed by atoms with E-state index in [2.05, 4.69) is 9.97 Å². The van der Waals surface area contributed by atoms with Crippen LogP contribution < -0.4 is 4.74 Å². The summed E-state index contributed by atoms with van der Waals surface area (Å²) >= 11 is 0. The lowest BCUT2D eigenvalue weighted by Crippen LogP contribution is -2.12. The Hall–Kier alpha value is -1.45. The van der Waals surface area contributed by atoms with E-state index < -0.39 is 0 Å². The number of rotatable bonds is 4. The number of Topliss-reactive ketones (excluding diaryl/α,β-unsaturated/α-hetero) is 1. The third-order valence-corrected chi connectivity index (χ3v) is 2.44. The molecule has 1 aromatic rings. The molecule has 0 unspecified atom stereocenters. The molecule has 0 saturated heterocycles. The fraction of sp³-hybridized carbons (Fsp3) is 0.583. The zero-order valence-electron chi connectivity index (χ0n) is 9.86. The van der Waals surface area contributed by atoms with Gasteiger partial charge in [-0.05, 0) is 33.6 Å². The van der Waals surface area contributed by atoms with Gasteiger partial charge in [0.05, 0.1) is 11.7 Å². The van der Waals surface area contributed by atoms with Crippen molar-refractivity contribution in [2.75, 3.05) is 0 Å². The molecule has 0 amide bonds. The molecule has 2 rings (SSSR count). The average Bonchev–Trinajstić information content (AvgIpc) is 2.99. The molecule has 0 aromatic carbocycles. The summed E-state index contributed by atoms with van der Waals surface area (Å²) in [7, 11) is 0. The highest BCUT2D eigenvalue weighted by Crippen LogP contribution is 2.38. The van der Waals surface area contributed by atoms with Crippen LogP contribution in [-0.2, 0) is 0 Å². The Kier molecular flexibility index (Phi) is 2.90. The van der Waals surface area contributed by atoms with E-state index >= 15 is 0 Å². The molecule has 1 fully saturated rings. The summed E-state index contributed by atoms with van der Waals surface area (Å²) in [5, 5.41) is 0. The van der Waals surface area contributed by atoms with Crippen LogP contribution in [0.15, 0.2) is 6.20 Å². The monoisotopic (exact) mass is 220 g/mol. The smallest absolute Gasteiger partial charge is 0.228 e. The number of carbonyl (C=O) groups is 1. The second-order valence-electron chi connectivity index (χ2n) is 4.44. The molecule has 1 heterocycles. The summed E-state index contributed by atoms with van der Waals surface area (Å²) in [6.45, 7) is 5.34. The summed E-state index contributed by atoms with van der Waals surface area (Å²) < 4.78 is 5.55. The van der Waals surface area contributed by atoms with Gasteiger partial charge in [0.15, 0.2) is 5.78 Å². The van der Waals surface area contributed by atoms with Crippen LogP contribution in [0.3, 0.4) is 0 Å². The van der Waals surface area contributed by atoms with Crippen LogP contribution in [0.1, 0.15) is 55.7 Å². The van der Waals surface area contributed by atoms with Gasteiger partial charge in [0.2, 0.25) is 5.88 Å². The molecule has 1 saturated carbocycles. The number of nitrogens with zero attached hydrogens (tertiary/aromatic N) is 2. The average molecular weight is 220 g/mol. The molecule has 0 spiro atoms. The van der Waals surface area contributed by atoms with Gasteiger partial charge in [-0.25, -0.2) is 4.98 Å². The Morgan fingerprint density at radius 2 is 2.19 bits per heavy atom. The van der Waals surface area contributed by atoms with Crippen LogP contribution in [0.25, 0.3) is 0 Å². The van der Waals surface area contributed by atoms with E-state index in [1.807, 2.05) is 13.8 Å². The first-order valence-corrected chi connectivity index (χ1v) is 5.62. The zero-order chi connectivity index (χ0) is 11.7. The van der Waals surface area contributed by atoms with Crippen LogP contribution >= 0.6 is 0 Å². The van der Waals surface area contributed by atoms with Gasteiger partial charge in [0, 0.05) is 12.1 Å². The molecule has 0 atom stereocenters. The number of ketones is 1. The Bertz CT molecular complexity index is 411. The van der Waals surface area contributed by atoms with Crippen molar-refractivity contribution in [3.8, 4) is 5.88 Å².